The SMILES string of the molecule is CC(CN)CCc1ncn[nH]1. The first-order valence-corrected chi connectivity index (χ1v) is 3.87. The largest absolute Gasteiger partial charge is 0.330 e. The van der Waals surface area contributed by atoms with Crippen molar-refractivity contribution in [2.45, 2.75) is 19.8 Å². The van der Waals surface area contributed by atoms with Gasteiger partial charge in [0, 0.05) is 6.42 Å². The summed E-state index contributed by atoms with van der Waals surface area (Å²) in [7, 11) is 0. The lowest BCUT2D eigenvalue weighted by molar-refractivity contribution is 0.536. The van der Waals surface area contributed by atoms with Gasteiger partial charge in [0.25, 0.3) is 0 Å². The zero-order valence-corrected chi connectivity index (χ0v) is 6.75. The Morgan fingerprint density at radius 1 is 1.73 bits per heavy atom. The van der Waals surface area contributed by atoms with E-state index in [1.807, 2.05) is 0 Å². The minimum absolute atomic E-state index is 0.570. The van der Waals surface area contributed by atoms with Crippen LogP contribution in [0.4, 0.5) is 0 Å². The highest BCUT2D eigenvalue weighted by molar-refractivity contribution is 4.80. The quantitative estimate of drug-likeness (QED) is 0.656. The fourth-order valence-electron chi connectivity index (χ4n) is 0.852. The lowest BCUT2D eigenvalue weighted by Gasteiger charge is -2.04. The van der Waals surface area contributed by atoms with Gasteiger partial charge in [-0.3, -0.25) is 5.10 Å². The van der Waals surface area contributed by atoms with Gasteiger partial charge < -0.3 is 5.73 Å². The van der Waals surface area contributed by atoms with Crippen molar-refractivity contribution >= 4 is 0 Å². The third-order valence-electron chi connectivity index (χ3n) is 1.74. The molecule has 0 radical (unpaired) electrons. The Balaban J connectivity index is 2.23. The summed E-state index contributed by atoms with van der Waals surface area (Å²) in [6.45, 7) is 2.88. The Morgan fingerprint density at radius 2 is 2.55 bits per heavy atom. The van der Waals surface area contributed by atoms with Gasteiger partial charge in [-0.15, -0.1) is 0 Å². The van der Waals surface area contributed by atoms with E-state index in [0.717, 1.165) is 25.2 Å². The number of rotatable bonds is 4. The summed E-state index contributed by atoms with van der Waals surface area (Å²) in [4.78, 5) is 4.02. The Hall–Kier alpha value is -0.900. The third-order valence-corrected chi connectivity index (χ3v) is 1.74. The molecule has 62 valence electrons. The Bertz CT molecular complexity index is 182. The average Bonchev–Trinajstić information content (AvgIpc) is 2.52. The zero-order valence-electron chi connectivity index (χ0n) is 6.75. The van der Waals surface area contributed by atoms with Crippen molar-refractivity contribution in [1.82, 2.24) is 15.2 Å². The van der Waals surface area contributed by atoms with Crippen LogP contribution in [0.1, 0.15) is 19.2 Å². The highest BCUT2D eigenvalue weighted by Gasteiger charge is 2.00. The molecule has 0 aromatic carbocycles. The molecule has 11 heavy (non-hydrogen) atoms. The van der Waals surface area contributed by atoms with Crippen LogP contribution in [0.15, 0.2) is 6.33 Å². The minimum Gasteiger partial charge on any atom is -0.330 e. The molecule has 4 heteroatoms. The van der Waals surface area contributed by atoms with E-state index >= 15 is 0 Å². The molecule has 0 aliphatic heterocycles. The molecule has 0 aliphatic rings. The number of nitrogens with one attached hydrogen (secondary N) is 1. The topological polar surface area (TPSA) is 67.6 Å². The summed E-state index contributed by atoms with van der Waals surface area (Å²) in [6.07, 6.45) is 3.55. The van der Waals surface area contributed by atoms with Gasteiger partial charge in [0.2, 0.25) is 0 Å². The molecular formula is C7H14N4. The van der Waals surface area contributed by atoms with Gasteiger partial charge in [0.05, 0.1) is 0 Å². The number of hydrogen-bond donors (Lipinski definition) is 2. The second-order valence-electron chi connectivity index (χ2n) is 2.81. The van der Waals surface area contributed by atoms with Gasteiger partial charge in [-0.05, 0) is 18.9 Å². The molecule has 1 aromatic heterocycles. The van der Waals surface area contributed by atoms with Crippen molar-refractivity contribution in [3.05, 3.63) is 12.2 Å². The predicted molar refractivity (Wildman–Crippen MR) is 42.9 cm³/mol. The Morgan fingerprint density at radius 3 is 3.09 bits per heavy atom. The van der Waals surface area contributed by atoms with E-state index in [9.17, 15) is 0 Å². The molecule has 4 nitrogen and oxygen atoms in total. The second-order valence-corrected chi connectivity index (χ2v) is 2.81. The molecule has 0 saturated carbocycles. The molecule has 0 saturated heterocycles. The van der Waals surface area contributed by atoms with Crippen LogP contribution in [0.3, 0.4) is 0 Å². The van der Waals surface area contributed by atoms with Crippen LogP contribution in [0.2, 0.25) is 0 Å². The molecule has 1 atom stereocenters. The van der Waals surface area contributed by atoms with Crippen LogP contribution in [-0.4, -0.2) is 21.7 Å². The van der Waals surface area contributed by atoms with Crippen molar-refractivity contribution in [3.8, 4) is 0 Å². The lowest BCUT2D eigenvalue weighted by Crippen LogP contribution is -2.11. The monoisotopic (exact) mass is 154 g/mol. The number of nitrogens with zero attached hydrogens (tertiary/aromatic N) is 2. The fraction of sp³-hybridized carbons (Fsp3) is 0.714. The first-order valence-electron chi connectivity index (χ1n) is 3.87. The maximum atomic E-state index is 5.47. The molecule has 1 aromatic rings. The molecule has 0 aliphatic carbocycles. The van der Waals surface area contributed by atoms with Crippen LogP contribution in [0.25, 0.3) is 0 Å². The van der Waals surface area contributed by atoms with Gasteiger partial charge in [0.1, 0.15) is 12.2 Å². The maximum Gasteiger partial charge on any atom is 0.137 e. The van der Waals surface area contributed by atoms with Crippen LogP contribution < -0.4 is 5.73 Å². The first-order chi connectivity index (χ1) is 5.33. The number of aromatic amines is 1. The van der Waals surface area contributed by atoms with Gasteiger partial charge >= 0.3 is 0 Å². The molecular weight excluding hydrogens is 140 g/mol. The van der Waals surface area contributed by atoms with Gasteiger partial charge in [-0.25, -0.2) is 4.98 Å². The van der Waals surface area contributed by atoms with E-state index in [0.29, 0.717) is 5.92 Å². The number of H-pyrrole nitrogens is 1. The van der Waals surface area contributed by atoms with E-state index in [1.165, 1.54) is 6.33 Å². The van der Waals surface area contributed by atoms with Crippen molar-refractivity contribution < 1.29 is 0 Å². The number of nitrogens with two attached hydrogens (primary N) is 1. The second kappa shape index (κ2) is 4.08. The molecule has 0 amide bonds. The summed E-state index contributed by atoms with van der Waals surface area (Å²) in [5.74, 6) is 1.52. The maximum absolute atomic E-state index is 5.47. The van der Waals surface area contributed by atoms with E-state index in [1.54, 1.807) is 0 Å². The van der Waals surface area contributed by atoms with Gasteiger partial charge in [0.15, 0.2) is 0 Å². The first kappa shape index (κ1) is 8.20. The van der Waals surface area contributed by atoms with Crippen LogP contribution in [0, 0.1) is 5.92 Å². The molecule has 1 rings (SSSR count). The molecule has 0 fully saturated rings. The van der Waals surface area contributed by atoms with Crippen molar-refractivity contribution in [2.75, 3.05) is 6.54 Å². The Labute approximate surface area is 66.2 Å². The molecule has 0 spiro atoms. The minimum atomic E-state index is 0.570. The fourth-order valence-corrected chi connectivity index (χ4v) is 0.852. The zero-order chi connectivity index (χ0) is 8.10. The van der Waals surface area contributed by atoms with Gasteiger partial charge in [-0.1, -0.05) is 6.92 Å². The molecule has 1 heterocycles. The third kappa shape index (κ3) is 2.67. The van der Waals surface area contributed by atoms with E-state index in [-0.39, 0.29) is 0 Å². The summed E-state index contributed by atoms with van der Waals surface area (Å²) in [5, 5.41) is 6.57. The summed E-state index contributed by atoms with van der Waals surface area (Å²) in [6, 6.07) is 0. The van der Waals surface area contributed by atoms with E-state index < -0.39 is 0 Å². The smallest absolute Gasteiger partial charge is 0.137 e. The average molecular weight is 154 g/mol. The summed E-state index contributed by atoms with van der Waals surface area (Å²) < 4.78 is 0. The number of hydrogen-bond acceptors (Lipinski definition) is 3. The summed E-state index contributed by atoms with van der Waals surface area (Å²) in [5.41, 5.74) is 5.47. The standard InChI is InChI=1S/C7H14N4/c1-6(4-8)2-3-7-9-5-10-11-7/h5-6H,2-4,8H2,1H3,(H,9,10,11). The van der Waals surface area contributed by atoms with Crippen LogP contribution in [-0.2, 0) is 6.42 Å². The van der Waals surface area contributed by atoms with Crippen LogP contribution in [0.5, 0.6) is 0 Å². The molecule has 3 N–H and O–H groups in total. The molecule has 1 unspecified atom stereocenters. The van der Waals surface area contributed by atoms with Crippen molar-refractivity contribution in [3.63, 3.8) is 0 Å². The van der Waals surface area contributed by atoms with Crippen molar-refractivity contribution in [1.29, 1.82) is 0 Å². The van der Waals surface area contributed by atoms with Crippen LogP contribution >= 0.6 is 0 Å². The van der Waals surface area contributed by atoms with Crippen molar-refractivity contribution in [2.24, 2.45) is 11.7 Å². The summed E-state index contributed by atoms with van der Waals surface area (Å²) >= 11 is 0. The highest BCUT2D eigenvalue weighted by atomic mass is 15.2. The predicted octanol–water partition coefficient (Wildman–Crippen LogP) is 0.332. The highest BCUT2D eigenvalue weighted by Crippen LogP contribution is 2.03. The van der Waals surface area contributed by atoms with Gasteiger partial charge in [-0.2, -0.15) is 5.10 Å². The number of aryl methyl sites for hydroxylation is 1. The normalized spacial score (nSPS) is 13.3. The lowest BCUT2D eigenvalue weighted by atomic mass is 10.1. The van der Waals surface area contributed by atoms with E-state index in [2.05, 4.69) is 22.1 Å². The number of aromatic nitrogens is 3. The Kier molecular flexibility index (Phi) is 3.04. The molecule has 0 bridgehead atoms. The van der Waals surface area contributed by atoms with E-state index in [4.69, 9.17) is 5.73 Å².